The van der Waals surface area contributed by atoms with Crippen molar-refractivity contribution in [3.8, 4) is 0 Å². The van der Waals surface area contributed by atoms with Crippen molar-refractivity contribution in [3.63, 3.8) is 0 Å². The van der Waals surface area contributed by atoms with Gasteiger partial charge in [-0.1, -0.05) is 40.5 Å². The van der Waals surface area contributed by atoms with Crippen molar-refractivity contribution in [2.24, 2.45) is 5.92 Å². The van der Waals surface area contributed by atoms with Gasteiger partial charge in [-0.05, 0) is 12.3 Å². The Morgan fingerprint density at radius 1 is 1.36 bits per heavy atom. The molecule has 0 spiro atoms. The van der Waals surface area contributed by atoms with Crippen LogP contribution in [-0.2, 0) is 9.63 Å². The van der Waals surface area contributed by atoms with Crippen molar-refractivity contribution in [1.29, 1.82) is 0 Å². The van der Waals surface area contributed by atoms with Crippen LogP contribution >= 0.6 is 0 Å². The minimum atomic E-state index is -0.0489. The van der Waals surface area contributed by atoms with Crippen molar-refractivity contribution < 1.29 is 9.63 Å². The SMILES string of the molecule is CCCCC(ONC(=O)CC)C(C)C. The molecule has 0 bridgehead atoms. The van der Waals surface area contributed by atoms with Crippen LogP contribution < -0.4 is 5.48 Å². The average molecular weight is 201 g/mol. The molecule has 0 fully saturated rings. The first-order valence-corrected chi connectivity index (χ1v) is 5.56. The highest BCUT2D eigenvalue weighted by Gasteiger charge is 2.14. The van der Waals surface area contributed by atoms with Crippen LogP contribution in [0.4, 0.5) is 0 Å². The summed E-state index contributed by atoms with van der Waals surface area (Å²) in [6, 6.07) is 0. The number of carbonyl (C=O) groups is 1. The summed E-state index contributed by atoms with van der Waals surface area (Å²) in [5, 5.41) is 0. The molecule has 0 heterocycles. The molecule has 84 valence electrons. The van der Waals surface area contributed by atoms with Crippen LogP contribution in [0, 0.1) is 5.92 Å². The fraction of sp³-hybridized carbons (Fsp3) is 0.909. The lowest BCUT2D eigenvalue weighted by atomic mass is 10.0. The Labute approximate surface area is 87.2 Å². The predicted octanol–water partition coefficient (Wildman–Crippen LogP) is 2.66. The maximum Gasteiger partial charge on any atom is 0.243 e. The van der Waals surface area contributed by atoms with E-state index < -0.39 is 0 Å². The van der Waals surface area contributed by atoms with Gasteiger partial charge < -0.3 is 0 Å². The number of unbranched alkanes of at least 4 members (excludes halogenated alkanes) is 1. The molecule has 1 unspecified atom stereocenters. The summed E-state index contributed by atoms with van der Waals surface area (Å²) < 4.78 is 0. The molecule has 0 aliphatic heterocycles. The van der Waals surface area contributed by atoms with Crippen LogP contribution in [0.25, 0.3) is 0 Å². The third-order valence-electron chi connectivity index (χ3n) is 2.23. The van der Waals surface area contributed by atoms with Gasteiger partial charge in [0.05, 0.1) is 6.10 Å². The smallest absolute Gasteiger partial charge is 0.243 e. The van der Waals surface area contributed by atoms with Crippen LogP contribution in [0.2, 0.25) is 0 Å². The van der Waals surface area contributed by atoms with Crippen molar-refractivity contribution in [1.82, 2.24) is 5.48 Å². The van der Waals surface area contributed by atoms with Crippen molar-refractivity contribution >= 4 is 5.91 Å². The minimum Gasteiger partial charge on any atom is -0.273 e. The van der Waals surface area contributed by atoms with E-state index in [1.54, 1.807) is 0 Å². The standard InChI is InChI=1S/C11H23NO2/c1-5-7-8-10(9(3)4)14-12-11(13)6-2/h9-10H,5-8H2,1-4H3,(H,12,13). The third-order valence-corrected chi connectivity index (χ3v) is 2.23. The maximum absolute atomic E-state index is 11.0. The van der Waals surface area contributed by atoms with Gasteiger partial charge in [-0.15, -0.1) is 0 Å². The second-order valence-electron chi connectivity index (χ2n) is 3.92. The van der Waals surface area contributed by atoms with Crippen LogP contribution in [0.3, 0.4) is 0 Å². The molecule has 0 radical (unpaired) electrons. The van der Waals surface area contributed by atoms with Crippen LogP contribution in [0.5, 0.6) is 0 Å². The molecule has 0 saturated heterocycles. The molecule has 14 heavy (non-hydrogen) atoms. The summed E-state index contributed by atoms with van der Waals surface area (Å²) in [6.45, 7) is 8.19. The predicted molar refractivity (Wildman–Crippen MR) is 57.7 cm³/mol. The van der Waals surface area contributed by atoms with E-state index in [1.807, 2.05) is 6.92 Å². The Hall–Kier alpha value is -0.570. The highest BCUT2D eigenvalue weighted by Crippen LogP contribution is 2.12. The highest BCUT2D eigenvalue weighted by atomic mass is 16.7. The quantitative estimate of drug-likeness (QED) is 0.643. The number of carbonyl (C=O) groups excluding carboxylic acids is 1. The van der Waals surface area contributed by atoms with Gasteiger partial charge in [0.2, 0.25) is 5.91 Å². The lowest BCUT2D eigenvalue weighted by Crippen LogP contribution is -2.32. The molecule has 1 N–H and O–H groups in total. The average Bonchev–Trinajstić information content (AvgIpc) is 2.16. The molecule has 0 saturated carbocycles. The van der Waals surface area contributed by atoms with E-state index in [2.05, 4.69) is 26.3 Å². The van der Waals surface area contributed by atoms with Gasteiger partial charge in [0.15, 0.2) is 0 Å². The van der Waals surface area contributed by atoms with Gasteiger partial charge >= 0.3 is 0 Å². The molecule has 0 aromatic heterocycles. The van der Waals surface area contributed by atoms with Crippen molar-refractivity contribution in [2.45, 2.75) is 59.5 Å². The van der Waals surface area contributed by atoms with Gasteiger partial charge in [-0.3, -0.25) is 9.63 Å². The molecule has 1 atom stereocenters. The minimum absolute atomic E-state index is 0.0489. The van der Waals surface area contributed by atoms with Crippen LogP contribution in [0.1, 0.15) is 53.4 Å². The molecule has 3 nitrogen and oxygen atoms in total. The van der Waals surface area contributed by atoms with Gasteiger partial charge in [-0.2, -0.15) is 0 Å². The second-order valence-corrected chi connectivity index (χ2v) is 3.92. The topological polar surface area (TPSA) is 38.3 Å². The number of hydroxylamine groups is 1. The normalized spacial score (nSPS) is 12.9. The Morgan fingerprint density at radius 2 is 2.00 bits per heavy atom. The fourth-order valence-corrected chi connectivity index (χ4v) is 1.15. The molecule has 0 aromatic carbocycles. The lowest BCUT2D eigenvalue weighted by Gasteiger charge is -2.20. The molecule has 0 aromatic rings. The summed E-state index contributed by atoms with van der Waals surface area (Å²) in [4.78, 5) is 16.3. The van der Waals surface area contributed by atoms with E-state index in [9.17, 15) is 4.79 Å². The molecule has 0 aliphatic rings. The van der Waals surface area contributed by atoms with Gasteiger partial charge in [0, 0.05) is 6.42 Å². The molecular formula is C11H23NO2. The zero-order chi connectivity index (χ0) is 11.0. The Balaban J connectivity index is 3.78. The number of nitrogens with one attached hydrogen (secondary N) is 1. The van der Waals surface area contributed by atoms with E-state index in [4.69, 9.17) is 4.84 Å². The fourth-order valence-electron chi connectivity index (χ4n) is 1.15. The van der Waals surface area contributed by atoms with Gasteiger partial charge in [0.1, 0.15) is 0 Å². The third kappa shape index (κ3) is 5.97. The first-order valence-electron chi connectivity index (χ1n) is 5.56. The molecule has 0 rings (SSSR count). The Bertz CT molecular complexity index is 157. The summed E-state index contributed by atoms with van der Waals surface area (Å²) in [6.07, 6.45) is 3.93. The van der Waals surface area contributed by atoms with Crippen LogP contribution in [-0.4, -0.2) is 12.0 Å². The number of hydrogen-bond acceptors (Lipinski definition) is 2. The van der Waals surface area contributed by atoms with Crippen molar-refractivity contribution in [3.05, 3.63) is 0 Å². The zero-order valence-electron chi connectivity index (χ0n) is 9.80. The van der Waals surface area contributed by atoms with E-state index in [-0.39, 0.29) is 12.0 Å². The summed E-state index contributed by atoms with van der Waals surface area (Å²) >= 11 is 0. The number of amides is 1. The molecule has 0 aliphatic carbocycles. The molecule has 3 heteroatoms. The zero-order valence-corrected chi connectivity index (χ0v) is 9.80. The first kappa shape index (κ1) is 13.4. The van der Waals surface area contributed by atoms with E-state index in [0.29, 0.717) is 12.3 Å². The van der Waals surface area contributed by atoms with Gasteiger partial charge in [-0.25, -0.2) is 5.48 Å². The van der Waals surface area contributed by atoms with E-state index >= 15 is 0 Å². The maximum atomic E-state index is 11.0. The largest absolute Gasteiger partial charge is 0.273 e. The first-order chi connectivity index (χ1) is 6.61. The van der Waals surface area contributed by atoms with E-state index in [0.717, 1.165) is 19.3 Å². The monoisotopic (exact) mass is 201 g/mol. The summed E-state index contributed by atoms with van der Waals surface area (Å²) in [5.41, 5.74) is 2.48. The number of rotatable bonds is 7. The Morgan fingerprint density at radius 3 is 2.43 bits per heavy atom. The Kier molecular flexibility index (Phi) is 7.48. The van der Waals surface area contributed by atoms with Gasteiger partial charge in [0.25, 0.3) is 0 Å². The highest BCUT2D eigenvalue weighted by molar-refractivity contribution is 5.74. The number of hydrogen-bond donors (Lipinski definition) is 1. The lowest BCUT2D eigenvalue weighted by molar-refractivity contribution is -0.141. The molecular weight excluding hydrogens is 178 g/mol. The van der Waals surface area contributed by atoms with E-state index in [1.165, 1.54) is 0 Å². The second kappa shape index (κ2) is 7.80. The summed E-state index contributed by atoms with van der Waals surface area (Å²) in [7, 11) is 0. The van der Waals surface area contributed by atoms with Crippen molar-refractivity contribution in [2.75, 3.05) is 0 Å². The van der Waals surface area contributed by atoms with Crippen LogP contribution in [0.15, 0.2) is 0 Å². The summed E-state index contributed by atoms with van der Waals surface area (Å²) in [5.74, 6) is 0.394. The molecule has 1 amide bonds.